The lowest BCUT2D eigenvalue weighted by Crippen LogP contribution is -2.17. The van der Waals surface area contributed by atoms with Crippen molar-refractivity contribution in [3.8, 4) is 28.4 Å². The molecule has 1 amide bonds. The fourth-order valence-corrected chi connectivity index (χ4v) is 3.33. The van der Waals surface area contributed by atoms with Gasteiger partial charge in [-0.1, -0.05) is 48.0 Å². The van der Waals surface area contributed by atoms with Crippen molar-refractivity contribution in [2.75, 3.05) is 14.2 Å². The van der Waals surface area contributed by atoms with Gasteiger partial charge in [-0.2, -0.15) is 10.2 Å². The summed E-state index contributed by atoms with van der Waals surface area (Å²) in [5.74, 6) is 0.660. The minimum absolute atomic E-state index is 0.362. The third-order valence-corrected chi connectivity index (χ3v) is 5.10. The highest BCUT2D eigenvalue weighted by atomic mass is 16.5. The van der Waals surface area contributed by atoms with E-state index in [0.717, 1.165) is 22.5 Å². The monoisotopic (exact) mass is 440 g/mol. The molecule has 4 aromatic rings. The Labute approximate surface area is 192 Å². The first kappa shape index (κ1) is 21.8. The molecule has 0 bridgehead atoms. The number of para-hydroxylation sites is 1. The maximum atomic E-state index is 12.6. The molecule has 1 N–H and O–H groups in total. The number of amides is 1. The third kappa shape index (κ3) is 4.93. The Morgan fingerprint density at radius 1 is 0.970 bits per heavy atom. The number of benzene rings is 3. The number of nitrogens with zero attached hydrogens (tertiary/aromatic N) is 3. The Kier molecular flexibility index (Phi) is 6.50. The summed E-state index contributed by atoms with van der Waals surface area (Å²) < 4.78 is 12.3. The Morgan fingerprint density at radius 3 is 2.39 bits per heavy atom. The number of ether oxygens (including phenoxy) is 2. The largest absolute Gasteiger partial charge is 0.493 e. The lowest BCUT2D eigenvalue weighted by atomic mass is 10.1. The maximum Gasteiger partial charge on any atom is 0.271 e. The first-order valence-corrected chi connectivity index (χ1v) is 10.4. The van der Waals surface area contributed by atoms with Crippen LogP contribution in [-0.2, 0) is 0 Å². The number of nitrogens with one attached hydrogen (secondary N) is 1. The molecule has 4 rings (SSSR count). The molecule has 166 valence electrons. The van der Waals surface area contributed by atoms with Gasteiger partial charge in [-0.25, -0.2) is 10.1 Å². The van der Waals surface area contributed by atoms with Crippen LogP contribution in [0.2, 0.25) is 0 Å². The second-order valence-electron chi connectivity index (χ2n) is 7.35. The number of hydrogen-bond acceptors (Lipinski definition) is 5. The van der Waals surface area contributed by atoms with Crippen molar-refractivity contribution >= 4 is 12.1 Å². The lowest BCUT2D eigenvalue weighted by molar-refractivity contribution is 0.0954. The van der Waals surface area contributed by atoms with Crippen LogP contribution in [0.4, 0.5) is 0 Å². The van der Waals surface area contributed by atoms with Crippen molar-refractivity contribution in [2.45, 2.75) is 6.92 Å². The molecule has 0 atom stereocenters. The smallest absolute Gasteiger partial charge is 0.271 e. The molecule has 33 heavy (non-hydrogen) atoms. The third-order valence-electron chi connectivity index (χ3n) is 5.10. The standard InChI is InChI=1S/C26H24N4O3/c1-18-9-11-19(12-10-18)25-21(17-30(29-25)22-7-5-4-6-8-22)16-27-28-26(31)20-13-14-23(32-2)24(15-20)33-3/h4-17H,1-3H3,(H,28,31)/b27-16-. The fraction of sp³-hybridized carbons (Fsp3) is 0.115. The summed E-state index contributed by atoms with van der Waals surface area (Å²) in [4.78, 5) is 12.6. The van der Waals surface area contributed by atoms with Gasteiger partial charge in [0.2, 0.25) is 0 Å². The van der Waals surface area contributed by atoms with E-state index in [9.17, 15) is 4.79 Å². The Morgan fingerprint density at radius 2 is 1.70 bits per heavy atom. The van der Waals surface area contributed by atoms with Gasteiger partial charge in [0.25, 0.3) is 5.91 Å². The first-order valence-electron chi connectivity index (χ1n) is 10.4. The topological polar surface area (TPSA) is 77.7 Å². The molecule has 0 fully saturated rings. The zero-order chi connectivity index (χ0) is 23.2. The van der Waals surface area contributed by atoms with E-state index in [1.54, 1.807) is 36.2 Å². The van der Waals surface area contributed by atoms with E-state index in [1.165, 1.54) is 12.7 Å². The summed E-state index contributed by atoms with van der Waals surface area (Å²) in [6, 6.07) is 22.9. The molecule has 7 heteroatoms. The lowest BCUT2D eigenvalue weighted by Gasteiger charge is -2.08. The molecule has 0 unspecified atom stereocenters. The highest BCUT2D eigenvalue weighted by Gasteiger charge is 2.13. The zero-order valence-corrected chi connectivity index (χ0v) is 18.6. The summed E-state index contributed by atoms with van der Waals surface area (Å²) in [6.45, 7) is 2.04. The van der Waals surface area contributed by atoms with Crippen molar-refractivity contribution in [1.29, 1.82) is 0 Å². The Bertz CT molecular complexity index is 1280. The summed E-state index contributed by atoms with van der Waals surface area (Å²) >= 11 is 0. The van der Waals surface area contributed by atoms with Crippen molar-refractivity contribution in [3.05, 3.63) is 95.7 Å². The van der Waals surface area contributed by atoms with Gasteiger partial charge in [0, 0.05) is 22.9 Å². The summed E-state index contributed by atoms with van der Waals surface area (Å²) in [5, 5.41) is 8.94. The van der Waals surface area contributed by atoms with E-state index in [4.69, 9.17) is 14.6 Å². The van der Waals surface area contributed by atoms with E-state index in [1.807, 2.05) is 67.7 Å². The Hall–Kier alpha value is -4.39. The number of carbonyl (C=O) groups is 1. The van der Waals surface area contributed by atoms with Crippen LogP contribution in [0, 0.1) is 6.92 Å². The van der Waals surface area contributed by atoms with Crippen LogP contribution < -0.4 is 14.9 Å². The molecular formula is C26H24N4O3. The van der Waals surface area contributed by atoms with Gasteiger partial charge in [-0.05, 0) is 37.3 Å². The van der Waals surface area contributed by atoms with Crippen molar-refractivity contribution in [3.63, 3.8) is 0 Å². The van der Waals surface area contributed by atoms with Gasteiger partial charge < -0.3 is 9.47 Å². The molecule has 0 aliphatic rings. The quantitative estimate of drug-likeness (QED) is 0.336. The summed E-state index contributed by atoms with van der Waals surface area (Å²) in [6.07, 6.45) is 3.48. The number of methoxy groups -OCH3 is 2. The number of aryl methyl sites for hydroxylation is 1. The van der Waals surface area contributed by atoms with Gasteiger partial charge in [-0.15, -0.1) is 0 Å². The second kappa shape index (κ2) is 9.82. The van der Waals surface area contributed by atoms with Crippen LogP contribution >= 0.6 is 0 Å². The van der Waals surface area contributed by atoms with Gasteiger partial charge in [0.05, 0.1) is 26.1 Å². The predicted molar refractivity (Wildman–Crippen MR) is 128 cm³/mol. The fourth-order valence-electron chi connectivity index (χ4n) is 3.33. The van der Waals surface area contributed by atoms with Crippen LogP contribution in [0.25, 0.3) is 16.9 Å². The molecule has 1 aromatic heterocycles. The minimum atomic E-state index is -0.362. The highest BCUT2D eigenvalue weighted by Crippen LogP contribution is 2.27. The molecule has 1 heterocycles. The molecule has 0 spiro atoms. The summed E-state index contributed by atoms with van der Waals surface area (Å²) in [5.41, 5.74) is 7.57. The average Bonchev–Trinajstić information content (AvgIpc) is 3.28. The molecule has 0 saturated carbocycles. The van der Waals surface area contributed by atoms with Crippen LogP contribution in [0.1, 0.15) is 21.5 Å². The first-order chi connectivity index (χ1) is 16.1. The molecule has 0 aliphatic carbocycles. The normalized spacial score (nSPS) is 10.9. The van der Waals surface area contributed by atoms with Crippen molar-refractivity contribution in [2.24, 2.45) is 5.10 Å². The average molecular weight is 441 g/mol. The number of aromatic nitrogens is 2. The highest BCUT2D eigenvalue weighted by molar-refractivity contribution is 5.96. The van der Waals surface area contributed by atoms with Crippen LogP contribution in [0.15, 0.2) is 84.1 Å². The predicted octanol–water partition coefficient (Wildman–Crippen LogP) is 4.63. The minimum Gasteiger partial charge on any atom is -0.493 e. The van der Waals surface area contributed by atoms with E-state index in [-0.39, 0.29) is 5.91 Å². The molecule has 3 aromatic carbocycles. The van der Waals surface area contributed by atoms with E-state index in [0.29, 0.717) is 17.1 Å². The molecule has 0 aliphatic heterocycles. The molecule has 0 saturated heterocycles. The number of carbonyl (C=O) groups excluding carboxylic acids is 1. The molecule has 0 radical (unpaired) electrons. The van der Waals surface area contributed by atoms with Gasteiger partial charge in [0.1, 0.15) is 5.69 Å². The second-order valence-corrected chi connectivity index (χ2v) is 7.35. The molecular weight excluding hydrogens is 416 g/mol. The zero-order valence-electron chi connectivity index (χ0n) is 18.6. The van der Waals surface area contributed by atoms with Crippen LogP contribution in [0.5, 0.6) is 11.5 Å². The number of hydrazone groups is 1. The summed E-state index contributed by atoms with van der Waals surface area (Å²) in [7, 11) is 3.07. The SMILES string of the molecule is COc1ccc(C(=O)N/N=C\c2cn(-c3ccccc3)nc2-c2ccc(C)cc2)cc1OC. The van der Waals surface area contributed by atoms with Crippen LogP contribution in [-0.4, -0.2) is 36.1 Å². The van der Waals surface area contributed by atoms with Crippen molar-refractivity contribution in [1.82, 2.24) is 15.2 Å². The van der Waals surface area contributed by atoms with Gasteiger partial charge >= 0.3 is 0 Å². The molecule has 7 nitrogen and oxygen atoms in total. The Balaban J connectivity index is 1.60. The van der Waals surface area contributed by atoms with Gasteiger partial charge in [0.15, 0.2) is 11.5 Å². The van der Waals surface area contributed by atoms with E-state index >= 15 is 0 Å². The number of hydrogen-bond donors (Lipinski definition) is 1. The van der Waals surface area contributed by atoms with E-state index in [2.05, 4.69) is 10.5 Å². The van der Waals surface area contributed by atoms with Crippen LogP contribution in [0.3, 0.4) is 0 Å². The van der Waals surface area contributed by atoms with E-state index < -0.39 is 0 Å². The van der Waals surface area contributed by atoms with Crippen molar-refractivity contribution < 1.29 is 14.3 Å². The number of rotatable bonds is 7. The maximum absolute atomic E-state index is 12.6. The van der Waals surface area contributed by atoms with Gasteiger partial charge in [-0.3, -0.25) is 4.79 Å².